The second-order valence-electron chi connectivity index (χ2n) is 7.55. The Morgan fingerprint density at radius 3 is 2.50 bits per heavy atom. The van der Waals surface area contributed by atoms with E-state index in [-0.39, 0.29) is 35.0 Å². The number of sulfonamides is 1. The Kier molecular flexibility index (Phi) is 7.17. The number of nitrogens with one attached hydrogen (secondary N) is 1. The first kappa shape index (κ1) is 23.7. The maximum absolute atomic E-state index is 13.0. The summed E-state index contributed by atoms with van der Waals surface area (Å²) in [5.74, 6) is -1.72. The monoisotopic (exact) mass is 462 g/mol. The van der Waals surface area contributed by atoms with Crippen LogP contribution in [0.15, 0.2) is 41.3 Å². The van der Waals surface area contributed by atoms with Crippen molar-refractivity contribution < 1.29 is 32.6 Å². The number of hydrogen-bond acceptors (Lipinski definition) is 7. The van der Waals surface area contributed by atoms with Crippen molar-refractivity contribution in [3.8, 4) is 5.75 Å². The van der Waals surface area contributed by atoms with E-state index in [1.807, 2.05) is 0 Å². The molecule has 0 saturated carbocycles. The molecule has 0 aliphatic carbocycles. The van der Waals surface area contributed by atoms with Gasteiger partial charge >= 0.3 is 5.97 Å². The fraction of sp³-hybridized carbons (Fsp3) is 0.364. The lowest BCUT2D eigenvalue weighted by atomic mass is 10.1. The van der Waals surface area contributed by atoms with Gasteiger partial charge in [0, 0.05) is 18.8 Å². The van der Waals surface area contributed by atoms with Crippen molar-refractivity contribution in [3.05, 3.63) is 53.1 Å². The van der Waals surface area contributed by atoms with E-state index in [2.05, 4.69) is 5.32 Å². The summed E-state index contributed by atoms with van der Waals surface area (Å²) in [6, 6.07) is 9.04. The van der Waals surface area contributed by atoms with Gasteiger partial charge in [-0.1, -0.05) is 17.7 Å². The molecule has 32 heavy (non-hydrogen) atoms. The minimum atomic E-state index is -3.75. The molecule has 1 atom stereocenters. The maximum atomic E-state index is 13.0. The van der Waals surface area contributed by atoms with Gasteiger partial charge in [-0.2, -0.15) is 4.31 Å². The number of benzene rings is 2. The third-order valence-corrected chi connectivity index (χ3v) is 7.11. The largest absolute Gasteiger partial charge is 0.507 e. The lowest BCUT2D eigenvalue weighted by molar-refractivity contribution is -0.123. The molecule has 2 N–H and O–H groups in total. The number of nitrogens with zero attached hydrogens (tertiary/aromatic N) is 1. The van der Waals surface area contributed by atoms with Crippen LogP contribution in [0.3, 0.4) is 0 Å². The number of ether oxygens (including phenoxy) is 2. The Morgan fingerprint density at radius 1 is 1.12 bits per heavy atom. The first-order valence-corrected chi connectivity index (χ1v) is 11.5. The smallest absolute Gasteiger partial charge is 0.342 e. The summed E-state index contributed by atoms with van der Waals surface area (Å²) in [6.07, 6.45) is -1.18. The van der Waals surface area contributed by atoms with Crippen LogP contribution < -0.4 is 5.32 Å². The van der Waals surface area contributed by atoms with Gasteiger partial charge in [0.2, 0.25) is 10.0 Å². The second kappa shape index (κ2) is 9.68. The number of carbonyl (C=O) groups excluding carboxylic acids is 2. The van der Waals surface area contributed by atoms with Crippen molar-refractivity contribution in [1.82, 2.24) is 4.31 Å². The van der Waals surface area contributed by atoms with Gasteiger partial charge in [0.15, 0.2) is 6.10 Å². The Morgan fingerprint density at radius 2 is 1.81 bits per heavy atom. The third-order valence-electron chi connectivity index (χ3n) is 5.07. The van der Waals surface area contributed by atoms with Crippen LogP contribution in [-0.4, -0.2) is 62.1 Å². The molecular formula is C22H26N2O7S. The molecule has 1 saturated heterocycles. The third kappa shape index (κ3) is 5.26. The number of anilines is 1. The highest BCUT2D eigenvalue weighted by atomic mass is 32.2. The lowest BCUT2D eigenvalue weighted by Crippen LogP contribution is -2.40. The Hall–Kier alpha value is -2.95. The maximum Gasteiger partial charge on any atom is 0.342 e. The fourth-order valence-electron chi connectivity index (χ4n) is 3.22. The van der Waals surface area contributed by atoms with Gasteiger partial charge in [-0.05, 0) is 50.6 Å². The van der Waals surface area contributed by atoms with Crippen molar-refractivity contribution >= 4 is 27.6 Å². The predicted molar refractivity (Wildman–Crippen MR) is 117 cm³/mol. The number of phenolic OH excluding ortho intramolecular Hbond substituents is 1. The number of rotatable bonds is 6. The molecule has 3 rings (SSSR count). The van der Waals surface area contributed by atoms with E-state index >= 15 is 0 Å². The number of phenols is 1. The van der Waals surface area contributed by atoms with Gasteiger partial charge in [0.25, 0.3) is 5.91 Å². The highest BCUT2D eigenvalue weighted by molar-refractivity contribution is 7.89. The molecule has 9 nitrogen and oxygen atoms in total. The van der Waals surface area contributed by atoms with Crippen molar-refractivity contribution in [2.75, 3.05) is 31.6 Å². The number of carbonyl (C=O) groups is 2. The minimum absolute atomic E-state index is 0.0427. The molecule has 1 amide bonds. The molecule has 2 aromatic carbocycles. The van der Waals surface area contributed by atoms with Gasteiger partial charge in [-0.15, -0.1) is 0 Å². The van der Waals surface area contributed by atoms with E-state index in [1.165, 1.54) is 29.4 Å². The van der Waals surface area contributed by atoms with E-state index in [1.54, 1.807) is 32.0 Å². The molecule has 0 aromatic heterocycles. The Bertz CT molecular complexity index is 1130. The zero-order valence-electron chi connectivity index (χ0n) is 18.1. The highest BCUT2D eigenvalue weighted by Gasteiger charge is 2.28. The Balaban J connectivity index is 1.72. The molecule has 0 radical (unpaired) electrons. The van der Waals surface area contributed by atoms with Gasteiger partial charge in [0.05, 0.1) is 18.1 Å². The topological polar surface area (TPSA) is 122 Å². The molecule has 0 bridgehead atoms. The standard InChI is InChI=1S/C22H26N2O7S/c1-14-4-7-19(25)18(12-14)22(27)31-16(3)21(26)23-17-6-5-15(2)20(13-17)32(28,29)24-8-10-30-11-9-24/h4-7,12-13,16,25H,8-11H2,1-3H3,(H,23,26). The van der Waals surface area contributed by atoms with Crippen LogP contribution in [0.5, 0.6) is 5.75 Å². The van der Waals surface area contributed by atoms with Gasteiger partial charge in [-0.25, -0.2) is 13.2 Å². The fourth-order valence-corrected chi connectivity index (χ4v) is 4.88. The zero-order valence-corrected chi connectivity index (χ0v) is 18.9. The van der Waals surface area contributed by atoms with Gasteiger partial charge in [0.1, 0.15) is 11.3 Å². The van der Waals surface area contributed by atoms with E-state index in [9.17, 15) is 23.1 Å². The summed E-state index contributed by atoms with van der Waals surface area (Å²) in [5.41, 5.74) is 1.51. The number of amides is 1. The number of aryl methyl sites for hydroxylation is 2. The molecule has 1 aliphatic rings. The lowest BCUT2D eigenvalue weighted by Gasteiger charge is -2.27. The number of esters is 1. The van der Waals surface area contributed by atoms with Crippen molar-refractivity contribution in [3.63, 3.8) is 0 Å². The molecule has 172 valence electrons. The summed E-state index contributed by atoms with van der Waals surface area (Å²) in [5, 5.41) is 12.4. The van der Waals surface area contributed by atoms with E-state index in [0.29, 0.717) is 18.8 Å². The predicted octanol–water partition coefficient (Wildman–Crippen LogP) is 2.21. The Labute approximate surface area is 187 Å². The highest BCUT2D eigenvalue weighted by Crippen LogP contribution is 2.25. The van der Waals surface area contributed by atoms with Crippen molar-refractivity contribution in [2.24, 2.45) is 0 Å². The molecule has 0 spiro atoms. The first-order chi connectivity index (χ1) is 15.1. The van der Waals surface area contributed by atoms with E-state index < -0.39 is 28.0 Å². The average Bonchev–Trinajstić information content (AvgIpc) is 2.77. The van der Waals surface area contributed by atoms with Gasteiger partial charge < -0.3 is 19.9 Å². The van der Waals surface area contributed by atoms with Crippen LogP contribution in [0.1, 0.15) is 28.4 Å². The molecular weight excluding hydrogens is 436 g/mol. The van der Waals surface area contributed by atoms with Crippen LogP contribution in [0.4, 0.5) is 5.69 Å². The summed E-state index contributed by atoms with van der Waals surface area (Å²) < 4.78 is 37.8. The average molecular weight is 463 g/mol. The normalized spacial score (nSPS) is 15.7. The van der Waals surface area contributed by atoms with Crippen LogP contribution >= 0.6 is 0 Å². The summed E-state index contributed by atoms with van der Waals surface area (Å²) in [4.78, 5) is 25.0. The zero-order chi connectivity index (χ0) is 23.5. The second-order valence-corrected chi connectivity index (χ2v) is 9.46. The summed E-state index contributed by atoms with van der Waals surface area (Å²) in [7, 11) is -3.75. The van der Waals surface area contributed by atoms with Gasteiger partial charge in [-0.3, -0.25) is 4.79 Å². The number of hydrogen-bond donors (Lipinski definition) is 2. The molecule has 10 heteroatoms. The van der Waals surface area contributed by atoms with Crippen LogP contribution in [-0.2, 0) is 24.3 Å². The minimum Gasteiger partial charge on any atom is -0.507 e. The quantitative estimate of drug-likeness (QED) is 0.631. The number of morpholine rings is 1. The van der Waals surface area contributed by atoms with Crippen molar-refractivity contribution in [2.45, 2.75) is 31.8 Å². The van der Waals surface area contributed by atoms with E-state index in [4.69, 9.17) is 9.47 Å². The molecule has 1 aliphatic heterocycles. The van der Waals surface area contributed by atoms with Crippen LogP contribution in [0, 0.1) is 13.8 Å². The summed E-state index contributed by atoms with van der Waals surface area (Å²) in [6.45, 7) is 6.00. The van der Waals surface area contributed by atoms with Crippen LogP contribution in [0.25, 0.3) is 0 Å². The van der Waals surface area contributed by atoms with E-state index in [0.717, 1.165) is 5.56 Å². The van der Waals surface area contributed by atoms with Crippen LogP contribution in [0.2, 0.25) is 0 Å². The number of aromatic hydroxyl groups is 1. The van der Waals surface area contributed by atoms with Crippen molar-refractivity contribution in [1.29, 1.82) is 0 Å². The molecule has 1 heterocycles. The SMILES string of the molecule is Cc1ccc(O)c(C(=O)OC(C)C(=O)Nc2ccc(C)c(S(=O)(=O)N3CCOCC3)c2)c1. The molecule has 1 fully saturated rings. The summed E-state index contributed by atoms with van der Waals surface area (Å²) >= 11 is 0. The first-order valence-electron chi connectivity index (χ1n) is 10.1. The molecule has 1 unspecified atom stereocenters. The molecule has 2 aromatic rings.